The van der Waals surface area contributed by atoms with Gasteiger partial charge in [0.2, 0.25) is 5.91 Å². The minimum Gasteiger partial charge on any atom is -0.497 e. The molecule has 0 unspecified atom stereocenters. The van der Waals surface area contributed by atoms with Crippen molar-refractivity contribution in [3.8, 4) is 22.8 Å². The van der Waals surface area contributed by atoms with Gasteiger partial charge in [-0.3, -0.25) is 10.1 Å². The Bertz CT molecular complexity index is 962. The number of aryl methyl sites for hydroxylation is 1. The van der Waals surface area contributed by atoms with E-state index in [0.717, 1.165) is 11.1 Å². The van der Waals surface area contributed by atoms with Crippen LogP contribution in [0.2, 0.25) is 0 Å². The Balaban J connectivity index is 1.72. The molecule has 0 radical (unpaired) electrons. The Morgan fingerprint density at radius 3 is 2.59 bits per heavy atom. The molecule has 0 aliphatic carbocycles. The number of hydrogen-bond acceptors (Lipinski definition) is 5. The van der Waals surface area contributed by atoms with E-state index in [-0.39, 0.29) is 5.91 Å². The normalized spacial score (nSPS) is 10.8. The van der Waals surface area contributed by atoms with Gasteiger partial charge >= 0.3 is 0 Å². The molecule has 3 aromatic rings. The second-order valence-corrected chi connectivity index (χ2v) is 6.70. The van der Waals surface area contributed by atoms with E-state index in [0.29, 0.717) is 22.3 Å². The first-order chi connectivity index (χ1) is 13.1. The smallest absolute Gasteiger partial charge is 0.250 e. The van der Waals surface area contributed by atoms with Gasteiger partial charge in [-0.25, -0.2) is 4.98 Å². The summed E-state index contributed by atoms with van der Waals surface area (Å²) >= 11 is 1.36. The van der Waals surface area contributed by atoms with Gasteiger partial charge in [-0.05, 0) is 36.8 Å². The molecule has 0 aliphatic rings. The number of nitrogens with one attached hydrogen (secondary N) is 1. The van der Waals surface area contributed by atoms with E-state index >= 15 is 0 Å². The number of thiazole rings is 1. The zero-order chi connectivity index (χ0) is 19.2. The summed E-state index contributed by atoms with van der Waals surface area (Å²) in [6.45, 7) is 2.03. The summed E-state index contributed by atoms with van der Waals surface area (Å²) in [6.07, 6.45) is 3.27. The van der Waals surface area contributed by atoms with Crippen LogP contribution >= 0.6 is 11.3 Å². The number of nitrogens with zero attached hydrogens (tertiary/aromatic N) is 1. The van der Waals surface area contributed by atoms with Crippen LogP contribution in [-0.4, -0.2) is 25.1 Å². The molecule has 1 heterocycles. The summed E-state index contributed by atoms with van der Waals surface area (Å²) in [6, 6.07) is 13.5. The van der Waals surface area contributed by atoms with Crippen molar-refractivity contribution in [2.24, 2.45) is 0 Å². The van der Waals surface area contributed by atoms with Crippen LogP contribution in [-0.2, 0) is 4.79 Å². The fraction of sp³-hybridized carbons (Fsp3) is 0.143. The monoisotopic (exact) mass is 380 g/mol. The summed E-state index contributed by atoms with van der Waals surface area (Å²) < 4.78 is 10.7. The Morgan fingerprint density at radius 1 is 1.11 bits per heavy atom. The number of methoxy groups -OCH3 is 2. The molecule has 1 aromatic heterocycles. The molecule has 0 bridgehead atoms. The number of benzene rings is 2. The van der Waals surface area contributed by atoms with Crippen molar-refractivity contribution in [2.45, 2.75) is 6.92 Å². The molecule has 6 heteroatoms. The van der Waals surface area contributed by atoms with Crippen LogP contribution in [0.4, 0.5) is 5.13 Å². The second-order valence-electron chi connectivity index (χ2n) is 5.84. The molecule has 1 N–H and O–H groups in total. The number of carbonyl (C=O) groups is 1. The second kappa shape index (κ2) is 8.51. The third-order valence-corrected chi connectivity index (χ3v) is 4.68. The molecule has 3 rings (SSSR count). The fourth-order valence-electron chi connectivity index (χ4n) is 2.47. The fourth-order valence-corrected chi connectivity index (χ4v) is 3.18. The van der Waals surface area contributed by atoms with E-state index in [1.165, 1.54) is 23.0 Å². The average molecular weight is 380 g/mol. The van der Waals surface area contributed by atoms with Crippen LogP contribution in [0, 0.1) is 6.92 Å². The number of amides is 1. The minimum absolute atomic E-state index is 0.228. The van der Waals surface area contributed by atoms with E-state index in [1.54, 1.807) is 20.3 Å². The van der Waals surface area contributed by atoms with Crippen molar-refractivity contribution < 1.29 is 14.3 Å². The number of hydrogen-bond donors (Lipinski definition) is 1. The van der Waals surface area contributed by atoms with Gasteiger partial charge in [-0.2, -0.15) is 0 Å². The topological polar surface area (TPSA) is 60.5 Å². The van der Waals surface area contributed by atoms with Crippen LogP contribution in [0.1, 0.15) is 11.1 Å². The van der Waals surface area contributed by atoms with E-state index in [9.17, 15) is 4.79 Å². The first-order valence-corrected chi connectivity index (χ1v) is 9.20. The molecule has 1 amide bonds. The SMILES string of the molecule is COc1ccc(OC)c(-c2csc(NC(=O)/C=C/c3ccc(C)cc3)n2)c1. The summed E-state index contributed by atoms with van der Waals surface area (Å²) in [7, 11) is 3.22. The van der Waals surface area contributed by atoms with Gasteiger partial charge < -0.3 is 9.47 Å². The summed E-state index contributed by atoms with van der Waals surface area (Å²) in [5.41, 5.74) is 3.67. The number of ether oxygens (including phenoxy) is 2. The molecule has 0 fully saturated rings. The minimum atomic E-state index is -0.228. The molecule has 0 atom stereocenters. The van der Waals surface area contributed by atoms with Gasteiger partial charge in [0.05, 0.1) is 19.9 Å². The molecular formula is C21H20N2O3S. The highest BCUT2D eigenvalue weighted by molar-refractivity contribution is 7.14. The predicted molar refractivity (Wildman–Crippen MR) is 109 cm³/mol. The highest BCUT2D eigenvalue weighted by Gasteiger charge is 2.12. The zero-order valence-electron chi connectivity index (χ0n) is 15.4. The molecule has 27 heavy (non-hydrogen) atoms. The van der Waals surface area contributed by atoms with Crippen molar-refractivity contribution in [3.63, 3.8) is 0 Å². The van der Waals surface area contributed by atoms with Crippen LogP contribution in [0.5, 0.6) is 11.5 Å². The molecule has 0 aliphatic heterocycles. The maximum atomic E-state index is 12.1. The van der Waals surface area contributed by atoms with Gasteiger partial charge in [-0.15, -0.1) is 11.3 Å². The molecule has 0 saturated carbocycles. The van der Waals surface area contributed by atoms with Crippen LogP contribution < -0.4 is 14.8 Å². The lowest BCUT2D eigenvalue weighted by Crippen LogP contribution is -2.07. The summed E-state index contributed by atoms with van der Waals surface area (Å²) in [5, 5.41) is 5.18. The molecule has 138 valence electrons. The van der Waals surface area contributed by atoms with Crippen molar-refractivity contribution in [1.29, 1.82) is 0 Å². The van der Waals surface area contributed by atoms with Crippen LogP contribution in [0.25, 0.3) is 17.3 Å². The third-order valence-electron chi connectivity index (χ3n) is 3.92. The van der Waals surface area contributed by atoms with Gasteiger partial charge in [0.25, 0.3) is 0 Å². The molecule has 2 aromatic carbocycles. The largest absolute Gasteiger partial charge is 0.497 e. The number of rotatable bonds is 6. The Hall–Kier alpha value is -3.12. The average Bonchev–Trinajstić information content (AvgIpc) is 3.15. The van der Waals surface area contributed by atoms with Crippen molar-refractivity contribution in [2.75, 3.05) is 19.5 Å². The highest BCUT2D eigenvalue weighted by Crippen LogP contribution is 2.35. The standard InChI is InChI=1S/C21H20N2O3S/c1-14-4-6-15(7-5-14)8-11-20(24)23-21-22-18(13-27-21)17-12-16(25-2)9-10-19(17)26-3/h4-13H,1-3H3,(H,22,23,24)/b11-8+. The van der Waals surface area contributed by atoms with E-state index in [1.807, 2.05) is 54.8 Å². The lowest BCUT2D eigenvalue weighted by atomic mass is 10.1. The van der Waals surface area contributed by atoms with Gasteiger partial charge in [-0.1, -0.05) is 29.8 Å². The van der Waals surface area contributed by atoms with Crippen molar-refractivity contribution >= 4 is 28.5 Å². The highest BCUT2D eigenvalue weighted by atomic mass is 32.1. The van der Waals surface area contributed by atoms with E-state index < -0.39 is 0 Å². The number of anilines is 1. The maximum Gasteiger partial charge on any atom is 0.250 e. The number of aromatic nitrogens is 1. The third kappa shape index (κ3) is 4.74. The Kier molecular flexibility index (Phi) is 5.88. The number of carbonyl (C=O) groups excluding carboxylic acids is 1. The molecule has 0 saturated heterocycles. The Morgan fingerprint density at radius 2 is 1.89 bits per heavy atom. The van der Waals surface area contributed by atoms with E-state index in [4.69, 9.17) is 9.47 Å². The molecule has 0 spiro atoms. The van der Waals surface area contributed by atoms with Crippen molar-refractivity contribution in [1.82, 2.24) is 4.98 Å². The van der Waals surface area contributed by atoms with Gasteiger partial charge in [0, 0.05) is 17.0 Å². The summed E-state index contributed by atoms with van der Waals surface area (Å²) in [4.78, 5) is 16.6. The van der Waals surface area contributed by atoms with Gasteiger partial charge in [0.1, 0.15) is 11.5 Å². The van der Waals surface area contributed by atoms with E-state index in [2.05, 4.69) is 10.3 Å². The van der Waals surface area contributed by atoms with Crippen LogP contribution in [0.3, 0.4) is 0 Å². The molecular weight excluding hydrogens is 360 g/mol. The predicted octanol–water partition coefficient (Wildman–Crippen LogP) is 4.79. The zero-order valence-corrected chi connectivity index (χ0v) is 16.2. The summed E-state index contributed by atoms with van der Waals surface area (Å²) in [5.74, 6) is 1.18. The van der Waals surface area contributed by atoms with Gasteiger partial charge in [0.15, 0.2) is 5.13 Å². The van der Waals surface area contributed by atoms with Crippen molar-refractivity contribution in [3.05, 3.63) is 65.0 Å². The molecule has 5 nitrogen and oxygen atoms in total. The lowest BCUT2D eigenvalue weighted by Gasteiger charge is -2.08. The lowest BCUT2D eigenvalue weighted by molar-refractivity contribution is -0.111. The maximum absolute atomic E-state index is 12.1. The quantitative estimate of drug-likeness (QED) is 0.625. The Labute approximate surface area is 162 Å². The first kappa shape index (κ1) is 18.7. The van der Waals surface area contributed by atoms with Crippen LogP contribution in [0.15, 0.2) is 53.9 Å². The first-order valence-electron chi connectivity index (χ1n) is 8.32.